The third kappa shape index (κ3) is 3.21. The van der Waals surface area contributed by atoms with Gasteiger partial charge in [-0.2, -0.15) is 0 Å². The van der Waals surface area contributed by atoms with Gasteiger partial charge in [0, 0.05) is 17.5 Å². The van der Waals surface area contributed by atoms with Crippen LogP contribution in [0.2, 0.25) is 0 Å². The van der Waals surface area contributed by atoms with Gasteiger partial charge >= 0.3 is 0 Å². The minimum atomic E-state index is -1.59. The molecule has 2 aromatic carbocycles. The Morgan fingerprint density at radius 3 is 2.45 bits per heavy atom. The zero-order chi connectivity index (χ0) is 20.9. The van der Waals surface area contributed by atoms with E-state index in [0.717, 1.165) is 0 Å². The molecule has 6 atom stereocenters. The first kappa shape index (κ1) is 19.9. The average Bonchev–Trinajstić information content (AvgIpc) is 2.72. The molecule has 0 aromatic heterocycles. The van der Waals surface area contributed by atoms with Crippen LogP contribution in [0.15, 0.2) is 30.3 Å². The molecule has 0 spiro atoms. The first-order chi connectivity index (χ1) is 13.8. The van der Waals surface area contributed by atoms with E-state index in [0.29, 0.717) is 22.3 Å². The van der Waals surface area contributed by atoms with E-state index in [1.807, 2.05) is 0 Å². The van der Waals surface area contributed by atoms with E-state index in [9.17, 15) is 35.7 Å². The molecule has 0 saturated carbocycles. The number of fused-ring (bicyclic) bond motifs is 3. The highest BCUT2D eigenvalue weighted by Gasteiger charge is 2.45. The molecule has 7 N–H and O–H groups in total. The van der Waals surface area contributed by atoms with E-state index >= 15 is 0 Å². The van der Waals surface area contributed by atoms with Gasteiger partial charge in [0.1, 0.15) is 30.2 Å². The molecule has 29 heavy (non-hydrogen) atoms. The minimum Gasteiger partial charge on any atom is -0.504 e. The van der Waals surface area contributed by atoms with E-state index < -0.39 is 43.4 Å². The molecule has 1 fully saturated rings. The highest BCUT2D eigenvalue weighted by Crippen LogP contribution is 2.48. The van der Waals surface area contributed by atoms with Crippen molar-refractivity contribution in [3.05, 3.63) is 41.5 Å². The van der Waals surface area contributed by atoms with Crippen molar-refractivity contribution >= 4 is 0 Å². The van der Waals surface area contributed by atoms with Crippen LogP contribution in [0, 0.1) is 0 Å². The molecule has 0 radical (unpaired) electrons. The second-order valence-electron chi connectivity index (χ2n) is 7.21. The van der Waals surface area contributed by atoms with Crippen molar-refractivity contribution in [3.8, 4) is 28.4 Å². The molecule has 9 nitrogen and oxygen atoms in total. The highest BCUT2D eigenvalue weighted by molar-refractivity contribution is 5.81. The SMILES string of the molecule is OC[C@H]1O[C@@H](Oc2cccc3c2-c2ccc(O)c(O)c2C[C@H]3O)[C@H](O)[C@@H](O)[C@@H]1O. The number of aromatic hydroxyl groups is 2. The van der Waals surface area contributed by atoms with Crippen molar-refractivity contribution in [1.29, 1.82) is 0 Å². The summed E-state index contributed by atoms with van der Waals surface area (Å²) < 4.78 is 11.2. The third-order valence-electron chi connectivity index (χ3n) is 5.44. The van der Waals surface area contributed by atoms with Gasteiger partial charge in [0.15, 0.2) is 11.5 Å². The van der Waals surface area contributed by atoms with E-state index in [1.54, 1.807) is 24.3 Å². The molecular weight excluding hydrogens is 384 g/mol. The van der Waals surface area contributed by atoms with Crippen LogP contribution >= 0.6 is 0 Å². The predicted octanol–water partition coefficient (Wildman–Crippen LogP) is -0.467. The first-order valence-electron chi connectivity index (χ1n) is 9.15. The maximum atomic E-state index is 10.5. The number of ether oxygens (including phenoxy) is 2. The molecule has 2 aromatic rings. The predicted molar refractivity (Wildman–Crippen MR) is 98.3 cm³/mol. The van der Waals surface area contributed by atoms with Crippen LogP contribution in [-0.2, 0) is 11.2 Å². The Bertz CT molecular complexity index is 913. The molecule has 4 rings (SSSR count). The number of aliphatic hydroxyl groups is 5. The van der Waals surface area contributed by atoms with Gasteiger partial charge in [0.05, 0.1) is 12.7 Å². The lowest BCUT2D eigenvalue weighted by atomic mass is 9.82. The number of phenols is 2. The van der Waals surface area contributed by atoms with Crippen molar-refractivity contribution in [2.45, 2.75) is 43.2 Å². The molecule has 1 aliphatic heterocycles. The lowest BCUT2D eigenvalue weighted by Crippen LogP contribution is -2.60. The topological polar surface area (TPSA) is 160 Å². The van der Waals surface area contributed by atoms with Crippen molar-refractivity contribution in [3.63, 3.8) is 0 Å². The summed E-state index contributed by atoms with van der Waals surface area (Å²) in [6.07, 6.45) is -8.10. The minimum absolute atomic E-state index is 0.0894. The van der Waals surface area contributed by atoms with Crippen LogP contribution in [0.4, 0.5) is 0 Å². The van der Waals surface area contributed by atoms with Crippen LogP contribution < -0.4 is 4.74 Å². The number of rotatable bonds is 3. The molecule has 2 aliphatic rings. The number of phenolic OH excluding ortho intramolecular Hbond substituents is 2. The van der Waals surface area contributed by atoms with Gasteiger partial charge in [0.25, 0.3) is 0 Å². The maximum Gasteiger partial charge on any atom is 0.229 e. The van der Waals surface area contributed by atoms with E-state index in [1.165, 1.54) is 6.07 Å². The summed E-state index contributed by atoms with van der Waals surface area (Å²) in [5, 5.41) is 70.0. The summed E-state index contributed by atoms with van der Waals surface area (Å²) in [6.45, 7) is -0.591. The molecule has 156 valence electrons. The van der Waals surface area contributed by atoms with Crippen LogP contribution in [-0.4, -0.2) is 73.1 Å². The maximum absolute atomic E-state index is 10.5. The lowest BCUT2D eigenvalue weighted by molar-refractivity contribution is -0.277. The van der Waals surface area contributed by atoms with Gasteiger partial charge in [-0.05, 0) is 29.3 Å². The zero-order valence-electron chi connectivity index (χ0n) is 15.2. The molecule has 1 aliphatic carbocycles. The largest absolute Gasteiger partial charge is 0.504 e. The molecule has 9 heteroatoms. The summed E-state index contributed by atoms with van der Waals surface area (Å²) in [5.41, 5.74) is 1.83. The third-order valence-corrected chi connectivity index (χ3v) is 5.44. The fourth-order valence-corrected chi connectivity index (χ4v) is 3.87. The van der Waals surface area contributed by atoms with Crippen LogP contribution in [0.5, 0.6) is 17.2 Å². The Morgan fingerprint density at radius 1 is 0.966 bits per heavy atom. The van der Waals surface area contributed by atoms with Gasteiger partial charge in [-0.15, -0.1) is 0 Å². The Hall–Kier alpha value is -2.40. The highest BCUT2D eigenvalue weighted by atomic mass is 16.7. The standard InChI is InChI=1S/C20H22O9/c21-7-14-17(25)18(26)19(27)20(29-14)28-13-3-1-2-9-12(23)6-10-8(15(9)13)4-5-11(22)16(10)24/h1-5,12,14,17-27H,6-7H2/t12-,14-,17-,18+,19-,20-/m1/s1. The lowest BCUT2D eigenvalue weighted by Gasteiger charge is -2.40. The summed E-state index contributed by atoms with van der Waals surface area (Å²) >= 11 is 0. The number of hydrogen-bond donors (Lipinski definition) is 7. The molecular formula is C20H22O9. The fourth-order valence-electron chi connectivity index (χ4n) is 3.87. The van der Waals surface area contributed by atoms with Gasteiger partial charge in [-0.3, -0.25) is 0 Å². The number of benzene rings is 2. The van der Waals surface area contributed by atoms with Gasteiger partial charge in [-0.1, -0.05) is 12.1 Å². The van der Waals surface area contributed by atoms with E-state index in [2.05, 4.69) is 0 Å². The summed E-state index contributed by atoms with van der Waals surface area (Å²) in [5.74, 6) is -0.460. The van der Waals surface area contributed by atoms with Crippen LogP contribution in [0.1, 0.15) is 17.2 Å². The van der Waals surface area contributed by atoms with Gasteiger partial charge in [0.2, 0.25) is 6.29 Å². The van der Waals surface area contributed by atoms with Crippen molar-refractivity contribution in [1.82, 2.24) is 0 Å². The average molecular weight is 406 g/mol. The molecule has 0 bridgehead atoms. The smallest absolute Gasteiger partial charge is 0.229 e. The first-order valence-corrected chi connectivity index (χ1v) is 9.15. The normalized spacial score (nSPS) is 31.1. The zero-order valence-corrected chi connectivity index (χ0v) is 15.2. The monoisotopic (exact) mass is 406 g/mol. The van der Waals surface area contributed by atoms with E-state index in [-0.39, 0.29) is 23.7 Å². The second-order valence-corrected chi connectivity index (χ2v) is 7.21. The second kappa shape index (κ2) is 7.45. The summed E-state index contributed by atoms with van der Waals surface area (Å²) in [7, 11) is 0. The fraction of sp³-hybridized carbons (Fsp3) is 0.400. The summed E-state index contributed by atoms with van der Waals surface area (Å²) in [4.78, 5) is 0. The van der Waals surface area contributed by atoms with Crippen molar-refractivity contribution in [2.75, 3.05) is 6.61 Å². The Morgan fingerprint density at radius 2 is 1.72 bits per heavy atom. The Kier molecular flexibility index (Phi) is 5.11. The van der Waals surface area contributed by atoms with Crippen molar-refractivity contribution in [2.24, 2.45) is 0 Å². The van der Waals surface area contributed by atoms with Crippen LogP contribution in [0.25, 0.3) is 11.1 Å². The number of aliphatic hydroxyl groups excluding tert-OH is 5. The Labute approximate surface area is 165 Å². The van der Waals surface area contributed by atoms with E-state index in [4.69, 9.17) is 9.47 Å². The van der Waals surface area contributed by atoms with Gasteiger partial charge < -0.3 is 45.2 Å². The molecule has 1 saturated heterocycles. The van der Waals surface area contributed by atoms with Crippen molar-refractivity contribution < 1.29 is 45.2 Å². The van der Waals surface area contributed by atoms with Crippen LogP contribution in [0.3, 0.4) is 0 Å². The number of hydrogen-bond acceptors (Lipinski definition) is 9. The van der Waals surface area contributed by atoms with Gasteiger partial charge in [-0.25, -0.2) is 0 Å². The molecule has 0 unspecified atom stereocenters. The summed E-state index contributed by atoms with van der Waals surface area (Å²) in [6, 6.07) is 7.78. The molecule has 1 heterocycles. The quantitative estimate of drug-likeness (QED) is 0.334. The molecule has 0 amide bonds. The Balaban J connectivity index is 1.76.